The Labute approximate surface area is 84.1 Å². The van der Waals surface area contributed by atoms with Crippen LogP contribution in [0, 0.1) is 5.82 Å². The van der Waals surface area contributed by atoms with Crippen LogP contribution in [-0.4, -0.2) is 28.6 Å². The van der Waals surface area contributed by atoms with Crippen LogP contribution < -0.4 is 10.6 Å². The summed E-state index contributed by atoms with van der Waals surface area (Å²) >= 11 is 0. The van der Waals surface area contributed by atoms with E-state index in [1.165, 1.54) is 12.3 Å². The Morgan fingerprint density at radius 3 is 2.87 bits per heavy atom. The molecule has 0 spiro atoms. The van der Waals surface area contributed by atoms with Crippen LogP contribution in [0.4, 0.5) is 14.9 Å². The molecule has 0 aliphatic rings. The largest absolute Gasteiger partial charge is 0.480 e. The fourth-order valence-electron chi connectivity index (χ4n) is 0.799. The van der Waals surface area contributed by atoms with Crippen LogP contribution in [0.3, 0.4) is 0 Å². The van der Waals surface area contributed by atoms with Crippen molar-refractivity contribution >= 4 is 17.7 Å². The third-order valence-electron chi connectivity index (χ3n) is 1.42. The number of hydrogen-bond acceptors (Lipinski definition) is 3. The Morgan fingerprint density at radius 2 is 2.27 bits per heavy atom. The number of carbonyl (C=O) groups excluding carboxylic acids is 1. The monoisotopic (exact) mass is 213 g/mol. The Balaban J connectivity index is 2.52. The summed E-state index contributed by atoms with van der Waals surface area (Å²) < 4.78 is 12.9. The molecule has 15 heavy (non-hydrogen) atoms. The van der Waals surface area contributed by atoms with E-state index in [-0.39, 0.29) is 5.69 Å². The first kappa shape index (κ1) is 10.9. The van der Waals surface area contributed by atoms with Gasteiger partial charge in [0.2, 0.25) is 0 Å². The van der Waals surface area contributed by atoms with Crippen LogP contribution in [0.2, 0.25) is 0 Å². The van der Waals surface area contributed by atoms with Crippen LogP contribution in [-0.2, 0) is 4.79 Å². The number of carbonyl (C=O) groups is 2. The molecule has 0 aromatic carbocycles. The van der Waals surface area contributed by atoms with Gasteiger partial charge in [0.05, 0.1) is 11.9 Å². The van der Waals surface area contributed by atoms with Gasteiger partial charge in [-0.3, -0.25) is 9.78 Å². The highest BCUT2D eigenvalue weighted by Crippen LogP contribution is 2.09. The molecule has 0 saturated carbocycles. The first-order chi connectivity index (χ1) is 7.09. The third-order valence-corrected chi connectivity index (χ3v) is 1.42. The fraction of sp³-hybridized carbons (Fsp3) is 0.125. The second kappa shape index (κ2) is 4.89. The van der Waals surface area contributed by atoms with Gasteiger partial charge in [0, 0.05) is 6.20 Å². The lowest BCUT2D eigenvalue weighted by Crippen LogP contribution is -2.33. The van der Waals surface area contributed by atoms with Gasteiger partial charge in [-0.25, -0.2) is 9.18 Å². The molecule has 80 valence electrons. The van der Waals surface area contributed by atoms with Crippen molar-refractivity contribution in [1.82, 2.24) is 10.3 Å². The number of nitrogens with one attached hydrogen (secondary N) is 2. The lowest BCUT2D eigenvalue weighted by molar-refractivity contribution is -0.135. The van der Waals surface area contributed by atoms with Crippen molar-refractivity contribution in [1.29, 1.82) is 0 Å². The van der Waals surface area contributed by atoms with E-state index >= 15 is 0 Å². The molecule has 0 aliphatic carbocycles. The maximum atomic E-state index is 12.9. The summed E-state index contributed by atoms with van der Waals surface area (Å²) in [6.07, 6.45) is 2.24. The van der Waals surface area contributed by atoms with Crippen LogP contribution >= 0.6 is 0 Å². The van der Waals surface area contributed by atoms with E-state index in [0.717, 1.165) is 6.20 Å². The van der Waals surface area contributed by atoms with Crippen LogP contribution in [0.15, 0.2) is 18.5 Å². The lowest BCUT2D eigenvalue weighted by Gasteiger charge is -2.05. The summed E-state index contributed by atoms with van der Waals surface area (Å²) in [6.45, 7) is -0.529. The van der Waals surface area contributed by atoms with Crippen molar-refractivity contribution in [3.05, 3.63) is 24.3 Å². The highest BCUT2D eigenvalue weighted by molar-refractivity contribution is 5.91. The highest BCUT2D eigenvalue weighted by atomic mass is 19.1. The van der Waals surface area contributed by atoms with Crippen LogP contribution in [0.5, 0.6) is 0 Å². The highest BCUT2D eigenvalue weighted by Gasteiger charge is 2.06. The van der Waals surface area contributed by atoms with Gasteiger partial charge >= 0.3 is 12.0 Å². The van der Waals surface area contributed by atoms with Gasteiger partial charge < -0.3 is 15.7 Å². The zero-order valence-electron chi connectivity index (χ0n) is 7.53. The van der Waals surface area contributed by atoms with E-state index in [1.807, 2.05) is 5.32 Å². The molecule has 7 heteroatoms. The van der Waals surface area contributed by atoms with E-state index in [4.69, 9.17) is 5.11 Å². The first-order valence-electron chi connectivity index (χ1n) is 3.96. The topological polar surface area (TPSA) is 91.3 Å². The summed E-state index contributed by atoms with van der Waals surface area (Å²) in [6, 6.07) is 0.470. The lowest BCUT2D eigenvalue weighted by atomic mass is 10.4. The number of urea groups is 1. The van der Waals surface area contributed by atoms with E-state index in [0.29, 0.717) is 0 Å². The van der Waals surface area contributed by atoms with Crippen molar-refractivity contribution in [3.63, 3.8) is 0 Å². The molecular formula is C8H8FN3O3. The standard InChI is InChI=1S/C8H8FN3O3/c9-5-3-10-2-1-6(5)12-8(15)11-4-7(13)14/h1-3H,4H2,(H,13,14)(H2,10,11,12,15). The molecule has 2 amide bonds. The minimum absolute atomic E-state index is 0.0621. The summed E-state index contributed by atoms with van der Waals surface area (Å²) in [5, 5.41) is 12.4. The number of anilines is 1. The van der Waals surface area contributed by atoms with E-state index in [1.54, 1.807) is 0 Å². The number of carboxylic acids is 1. The van der Waals surface area contributed by atoms with Crippen molar-refractivity contribution in [2.75, 3.05) is 11.9 Å². The maximum absolute atomic E-state index is 12.9. The second-order valence-electron chi connectivity index (χ2n) is 2.56. The Kier molecular flexibility index (Phi) is 3.55. The molecule has 0 radical (unpaired) electrons. The van der Waals surface area contributed by atoms with Gasteiger partial charge in [0.1, 0.15) is 6.54 Å². The second-order valence-corrected chi connectivity index (χ2v) is 2.56. The predicted octanol–water partition coefficient (Wildman–Crippen LogP) is 0.427. The average molecular weight is 213 g/mol. The minimum Gasteiger partial charge on any atom is -0.480 e. The molecule has 1 aromatic rings. The van der Waals surface area contributed by atoms with Gasteiger partial charge in [-0.1, -0.05) is 0 Å². The minimum atomic E-state index is -1.18. The van der Waals surface area contributed by atoms with Gasteiger partial charge in [-0.15, -0.1) is 0 Å². The Hall–Kier alpha value is -2.18. The number of amides is 2. The smallest absolute Gasteiger partial charge is 0.323 e. The van der Waals surface area contributed by atoms with E-state index < -0.39 is 24.4 Å². The number of aromatic nitrogens is 1. The molecule has 0 fully saturated rings. The summed E-state index contributed by atoms with van der Waals surface area (Å²) in [4.78, 5) is 24.6. The number of pyridine rings is 1. The molecule has 1 aromatic heterocycles. The van der Waals surface area contributed by atoms with Gasteiger partial charge in [-0.2, -0.15) is 0 Å². The van der Waals surface area contributed by atoms with E-state index in [9.17, 15) is 14.0 Å². The summed E-state index contributed by atoms with van der Waals surface area (Å²) in [7, 11) is 0. The molecular weight excluding hydrogens is 205 g/mol. The Bertz CT molecular complexity index is 383. The molecule has 6 nitrogen and oxygen atoms in total. The normalized spacial score (nSPS) is 9.40. The molecule has 0 bridgehead atoms. The zero-order valence-corrected chi connectivity index (χ0v) is 7.53. The van der Waals surface area contributed by atoms with Gasteiger partial charge in [0.25, 0.3) is 0 Å². The third kappa shape index (κ3) is 3.59. The molecule has 0 saturated heterocycles. The average Bonchev–Trinajstić information content (AvgIpc) is 2.18. The number of hydrogen-bond donors (Lipinski definition) is 3. The van der Waals surface area contributed by atoms with Crippen LogP contribution in [0.25, 0.3) is 0 Å². The maximum Gasteiger partial charge on any atom is 0.323 e. The molecule has 0 aliphatic heterocycles. The molecule has 0 unspecified atom stereocenters. The van der Waals surface area contributed by atoms with Crippen molar-refractivity contribution in [3.8, 4) is 0 Å². The number of aliphatic carboxylic acids is 1. The van der Waals surface area contributed by atoms with Gasteiger partial charge in [-0.05, 0) is 6.07 Å². The number of rotatable bonds is 3. The number of carboxylic acid groups (broad SMARTS) is 1. The fourth-order valence-corrected chi connectivity index (χ4v) is 0.799. The number of nitrogens with zero attached hydrogens (tertiary/aromatic N) is 1. The molecule has 1 rings (SSSR count). The first-order valence-corrected chi connectivity index (χ1v) is 3.96. The number of halogens is 1. The van der Waals surface area contributed by atoms with Crippen molar-refractivity contribution in [2.24, 2.45) is 0 Å². The molecule has 0 atom stereocenters. The Morgan fingerprint density at radius 1 is 1.53 bits per heavy atom. The van der Waals surface area contributed by atoms with Crippen molar-refractivity contribution < 1.29 is 19.1 Å². The summed E-state index contributed by atoms with van der Waals surface area (Å²) in [5.74, 6) is -1.87. The predicted molar refractivity (Wildman–Crippen MR) is 48.9 cm³/mol. The van der Waals surface area contributed by atoms with Crippen LogP contribution in [0.1, 0.15) is 0 Å². The quantitative estimate of drug-likeness (QED) is 0.678. The van der Waals surface area contributed by atoms with Crippen molar-refractivity contribution in [2.45, 2.75) is 0 Å². The SMILES string of the molecule is O=C(O)CNC(=O)Nc1ccncc1F. The van der Waals surface area contributed by atoms with Gasteiger partial charge in [0.15, 0.2) is 5.82 Å². The van der Waals surface area contributed by atoms with E-state index in [2.05, 4.69) is 10.3 Å². The summed E-state index contributed by atoms with van der Waals surface area (Å²) in [5.41, 5.74) is -0.0621. The molecule has 3 N–H and O–H groups in total. The molecule has 1 heterocycles. The zero-order chi connectivity index (χ0) is 11.3.